The van der Waals surface area contributed by atoms with E-state index < -0.39 is 0 Å². The van der Waals surface area contributed by atoms with Gasteiger partial charge in [-0.05, 0) is 31.2 Å². The van der Waals surface area contributed by atoms with Crippen LogP contribution in [-0.2, 0) is 14.3 Å². The highest BCUT2D eigenvalue weighted by Crippen LogP contribution is 2.34. The summed E-state index contributed by atoms with van der Waals surface area (Å²) in [6, 6.07) is 10.4. The number of Topliss-reactive ketones (excluding diaryl/α,β-unsaturated/α-hetero) is 1. The van der Waals surface area contributed by atoms with Crippen molar-refractivity contribution in [2.45, 2.75) is 39.0 Å². The SMILES string of the molecule is CC(c1ccccc1)C1CCCC1=O.CCOC=O. The van der Waals surface area contributed by atoms with E-state index >= 15 is 0 Å². The van der Waals surface area contributed by atoms with Crippen molar-refractivity contribution in [2.24, 2.45) is 5.92 Å². The van der Waals surface area contributed by atoms with Crippen molar-refractivity contribution in [1.82, 2.24) is 0 Å². The van der Waals surface area contributed by atoms with Crippen LogP contribution in [0.4, 0.5) is 0 Å². The van der Waals surface area contributed by atoms with Gasteiger partial charge in [0.15, 0.2) is 0 Å². The molecule has 0 amide bonds. The van der Waals surface area contributed by atoms with E-state index in [1.165, 1.54) is 5.56 Å². The summed E-state index contributed by atoms with van der Waals surface area (Å²) in [6.07, 6.45) is 2.96. The fourth-order valence-corrected chi connectivity index (χ4v) is 2.43. The van der Waals surface area contributed by atoms with Crippen LogP contribution in [0.3, 0.4) is 0 Å². The van der Waals surface area contributed by atoms with E-state index in [0.29, 0.717) is 24.8 Å². The van der Waals surface area contributed by atoms with E-state index in [0.717, 1.165) is 19.3 Å². The lowest BCUT2D eigenvalue weighted by atomic mass is 9.86. The molecule has 1 saturated carbocycles. The van der Waals surface area contributed by atoms with Crippen molar-refractivity contribution < 1.29 is 14.3 Å². The number of ketones is 1. The standard InChI is InChI=1S/C13H16O.C3H6O2/c1-10(11-6-3-2-4-7-11)12-8-5-9-13(12)14;1-2-5-3-4/h2-4,6-7,10,12H,5,8-9H2,1H3;3H,2H2,1H3. The molecule has 3 nitrogen and oxygen atoms in total. The van der Waals surface area contributed by atoms with E-state index in [2.05, 4.69) is 23.8 Å². The zero-order valence-electron chi connectivity index (χ0n) is 11.7. The van der Waals surface area contributed by atoms with Gasteiger partial charge in [0.2, 0.25) is 0 Å². The zero-order valence-corrected chi connectivity index (χ0v) is 11.7. The van der Waals surface area contributed by atoms with E-state index in [-0.39, 0.29) is 5.92 Å². The molecule has 0 spiro atoms. The molecule has 2 unspecified atom stereocenters. The number of carbonyl (C=O) groups excluding carboxylic acids is 2. The minimum Gasteiger partial charge on any atom is -0.468 e. The molecule has 0 aliphatic heterocycles. The van der Waals surface area contributed by atoms with Gasteiger partial charge in [0.25, 0.3) is 6.47 Å². The summed E-state index contributed by atoms with van der Waals surface area (Å²) in [5.41, 5.74) is 1.30. The normalized spacial score (nSPS) is 19.3. The van der Waals surface area contributed by atoms with Crippen LogP contribution >= 0.6 is 0 Å². The van der Waals surface area contributed by atoms with Gasteiger partial charge in [-0.15, -0.1) is 0 Å². The van der Waals surface area contributed by atoms with Gasteiger partial charge in [-0.25, -0.2) is 0 Å². The number of rotatable bonds is 4. The Bertz CT molecular complexity index is 386. The molecule has 2 rings (SSSR count). The quantitative estimate of drug-likeness (QED) is 0.782. The second-order valence-corrected chi connectivity index (χ2v) is 4.72. The molecular formula is C16H22O3. The Morgan fingerprint density at radius 1 is 1.37 bits per heavy atom. The van der Waals surface area contributed by atoms with Crippen molar-refractivity contribution in [1.29, 1.82) is 0 Å². The molecule has 0 saturated heterocycles. The third-order valence-corrected chi connectivity index (χ3v) is 3.52. The molecule has 19 heavy (non-hydrogen) atoms. The summed E-state index contributed by atoms with van der Waals surface area (Å²) in [4.78, 5) is 20.8. The Morgan fingerprint density at radius 3 is 2.47 bits per heavy atom. The largest absolute Gasteiger partial charge is 0.468 e. The predicted molar refractivity (Wildman–Crippen MR) is 74.9 cm³/mol. The molecule has 0 heterocycles. The topological polar surface area (TPSA) is 43.4 Å². The smallest absolute Gasteiger partial charge is 0.293 e. The molecule has 0 bridgehead atoms. The van der Waals surface area contributed by atoms with Gasteiger partial charge in [-0.1, -0.05) is 37.3 Å². The molecule has 0 N–H and O–H groups in total. The third-order valence-electron chi connectivity index (χ3n) is 3.52. The van der Waals surface area contributed by atoms with Gasteiger partial charge in [0, 0.05) is 12.3 Å². The van der Waals surface area contributed by atoms with Crippen LogP contribution in [-0.4, -0.2) is 18.9 Å². The summed E-state index contributed by atoms with van der Waals surface area (Å²) in [6.45, 7) is 4.83. The lowest BCUT2D eigenvalue weighted by Crippen LogP contribution is -2.14. The highest BCUT2D eigenvalue weighted by atomic mass is 16.5. The number of hydrogen-bond donors (Lipinski definition) is 0. The second kappa shape index (κ2) is 8.46. The summed E-state index contributed by atoms with van der Waals surface area (Å²) < 4.78 is 4.15. The first-order chi connectivity index (χ1) is 9.20. The number of ether oxygens (including phenoxy) is 1. The second-order valence-electron chi connectivity index (χ2n) is 4.72. The summed E-state index contributed by atoms with van der Waals surface area (Å²) in [5.74, 6) is 1.13. The Balaban J connectivity index is 0.000000312. The Morgan fingerprint density at radius 2 is 2.05 bits per heavy atom. The van der Waals surface area contributed by atoms with Gasteiger partial charge < -0.3 is 4.74 Å². The highest BCUT2D eigenvalue weighted by Gasteiger charge is 2.29. The molecule has 1 aromatic carbocycles. The minimum atomic E-state index is 0.275. The molecular weight excluding hydrogens is 240 g/mol. The molecule has 2 atom stereocenters. The van der Waals surface area contributed by atoms with Gasteiger partial charge in [-0.2, -0.15) is 0 Å². The van der Waals surface area contributed by atoms with E-state index in [1.54, 1.807) is 6.92 Å². The fourth-order valence-electron chi connectivity index (χ4n) is 2.43. The lowest BCUT2D eigenvalue weighted by molar-refractivity contribution is -0.128. The molecule has 1 aromatic rings. The van der Waals surface area contributed by atoms with Gasteiger partial charge in [0.05, 0.1) is 6.61 Å². The molecule has 0 radical (unpaired) electrons. The first-order valence-electron chi connectivity index (χ1n) is 6.83. The van der Waals surface area contributed by atoms with Crippen LogP contribution in [0.25, 0.3) is 0 Å². The molecule has 1 fully saturated rings. The third kappa shape index (κ3) is 4.86. The van der Waals surface area contributed by atoms with Gasteiger partial charge in [-0.3, -0.25) is 9.59 Å². The van der Waals surface area contributed by atoms with Crippen LogP contribution in [0, 0.1) is 5.92 Å². The van der Waals surface area contributed by atoms with Crippen LogP contribution in [0.5, 0.6) is 0 Å². The van der Waals surface area contributed by atoms with Gasteiger partial charge in [0.1, 0.15) is 5.78 Å². The summed E-state index contributed by atoms with van der Waals surface area (Å²) in [7, 11) is 0. The van der Waals surface area contributed by atoms with Crippen LogP contribution in [0.2, 0.25) is 0 Å². The molecule has 0 aromatic heterocycles. The van der Waals surface area contributed by atoms with Crippen molar-refractivity contribution in [3.05, 3.63) is 35.9 Å². The number of carbonyl (C=O) groups is 2. The minimum absolute atomic E-state index is 0.275. The average molecular weight is 262 g/mol. The van der Waals surface area contributed by atoms with E-state index in [1.807, 2.05) is 18.2 Å². The van der Waals surface area contributed by atoms with Crippen LogP contribution in [0.15, 0.2) is 30.3 Å². The Labute approximate surface area is 115 Å². The maximum Gasteiger partial charge on any atom is 0.293 e. The molecule has 1 aliphatic carbocycles. The van der Waals surface area contributed by atoms with Crippen molar-refractivity contribution in [2.75, 3.05) is 6.61 Å². The first kappa shape index (κ1) is 15.4. The van der Waals surface area contributed by atoms with Crippen molar-refractivity contribution in [3.63, 3.8) is 0 Å². The van der Waals surface area contributed by atoms with Crippen molar-refractivity contribution in [3.8, 4) is 0 Å². The average Bonchev–Trinajstić information content (AvgIpc) is 2.87. The summed E-state index contributed by atoms with van der Waals surface area (Å²) >= 11 is 0. The molecule has 3 heteroatoms. The molecule has 1 aliphatic rings. The predicted octanol–water partition coefficient (Wildman–Crippen LogP) is 3.34. The van der Waals surface area contributed by atoms with Crippen molar-refractivity contribution >= 4 is 12.3 Å². The zero-order chi connectivity index (χ0) is 14.1. The van der Waals surface area contributed by atoms with Crippen LogP contribution < -0.4 is 0 Å². The Kier molecular flexibility index (Phi) is 6.86. The molecule has 104 valence electrons. The lowest BCUT2D eigenvalue weighted by Gasteiger charge is -2.17. The number of benzene rings is 1. The number of hydrogen-bond acceptors (Lipinski definition) is 3. The Hall–Kier alpha value is -1.64. The van der Waals surface area contributed by atoms with E-state index in [9.17, 15) is 9.59 Å². The fraction of sp³-hybridized carbons (Fsp3) is 0.500. The highest BCUT2D eigenvalue weighted by molar-refractivity contribution is 5.83. The summed E-state index contributed by atoms with van der Waals surface area (Å²) in [5, 5.41) is 0. The van der Waals surface area contributed by atoms with Gasteiger partial charge >= 0.3 is 0 Å². The maximum absolute atomic E-state index is 11.6. The van der Waals surface area contributed by atoms with E-state index in [4.69, 9.17) is 0 Å². The first-order valence-corrected chi connectivity index (χ1v) is 6.83. The monoisotopic (exact) mass is 262 g/mol. The maximum atomic E-state index is 11.6. The van der Waals surface area contributed by atoms with Crippen LogP contribution in [0.1, 0.15) is 44.6 Å².